The predicted octanol–water partition coefficient (Wildman–Crippen LogP) is 1.26. The fourth-order valence-corrected chi connectivity index (χ4v) is 4.39. The van der Waals surface area contributed by atoms with Crippen LogP contribution in [0.4, 0.5) is 0 Å². The minimum Gasteiger partial charge on any atom is -0.493 e. The molecule has 1 aromatic rings. The van der Waals surface area contributed by atoms with E-state index in [1.54, 1.807) is 14.2 Å². The van der Waals surface area contributed by atoms with Gasteiger partial charge in [-0.2, -0.15) is 0 Å². The van der Waals surface area contributed by atoms with Crippen LogP contribution in [0.15, 0.2) is 18.2 Å². The van der Waals surface area contributed by atoms with Gasteiger partial charge in [-0.15, -0.1) is 0 Å². The van der Waals surface area contributed by atoms with E-state index in [-0.39, 0.29) is 6.42 Å². The van der Waals surface area contributed by atoms with E-state index in [1.165, 1.54) is 5.19 Å². The average molecular weight is 340 g/mol. The number of benzene rings is 1. The summed E-state index contributed by atoms with van der Waals surface area (Å²) in [4.78, 5) is 21.6. The van der Waals surface area contributed by atoms with Crippen molar-refractivity contribution in [1.29, 1.82) is 0 Å². The number of hydrogen-bond donors (Lipinski definition) is 2. The first-order chi connectivity index (χ1) is 11.0. The third kappa shape index (κ3) is 6.31. The van der Waals surface area contributed by atoms with Crippen molar-refractivity contribution in [2.75, 3.05) is 14.2 Å². The van der Waals surface area contributed by atoms with Crippen LogP contribution in [0.25, 0.3) is 0 Å². The maximum absolute atomic E-state index is 11.0. The summed E-state index contributed by atoms with van der Waals surface area (Å²) in [5.74, 6) is -1.37. The second-order valence-electron chi connectivity index (χ2n) is 5.39. The molecule has 0 aliphatic heterocycles. The lowest BCUT2D eigenvalue weighted by molar-refractivity contribution is -0.148. The van der Waals surface area contributed by atoms with Crippen LogP contribution in [0.2, 0.25) is 6.04 Å². The molecule has 2 N–H and O–H groups in total. The van der Waals surface area contributed by atoms with E-state index in [0.29, 0.717) is 6.42 Å². The molecule has 0 saturated carbocycles. The molecular formula is C16H24O6Si. The summed E-state index contributed by atoms with van der Waals surface area (Å²) in [6.07, 6.45) is 1.72. The standard InChI is InChI=1S/C16H24O6Si/c1-21-12-7-5-8-13(15(12)22-2)23-9-4-3-6-11(16(19)20)10-14(17)18/h5,7-8,11H,3-4,6,9-10,23H2,1-2H3,(H,17,18)(H,19,20). The second-order valence-corrected chi connectivity index (χ2v) is 7.35. The maximum Gasteiger partial charge on any atom is 0.307 e. The number of unbranched alkanes of at least 4 members (excludes halogenated alkanes) is 1. The topological polar surface area (TPSA) is 93.1 Å². The number of hydrogen-bond acceptors (Lipinski definition) is 4. The lowest BCUT2D eigenvalue weighted by Gasteiger charge is -2.12. The van der Waals surface area contributed by atoms with E-state index in [0.717, 1.165) is 30.4 Å². The summed E-state index contributed by atoms with van der Waals surface area (Å²) in [7, 11) is 2.70. The Bertz CT molecular complexity index is 531. The van der Waals surface area contributed by atoms with Gasteiger partial charge < -0.3 is 19.7 Å². The zero-order valence-corrected chi connectivity index (χ0v) is 15.0. The van der Waals surface area contributed by atoms with Crippen LogP contribution in [0.1, 0.15) is 25.7 Å². The number of para-hydroxylation sites is 1. The summed E-state index contributed by atoms with van der Waals surface area (Å²) in [5, 5.41) is 18.9. The van der Waals surface area contributed by atoms with Gasteiger partial charge in [0.1, 0.15) is 0 Å². The smallest absolute Gasteiger partial charge is 0.307 e. The number of carboxylic acid groups (broad SMARTS) is 2. The molecule has 0 amide bonds. The van der Waals surface area contributed by atoms with Crippen LogP contribution in [-0.2, 0) is 9.59 Å². The van der Waals surface area contributed by atoms with Crippen LogP contribution in [0.3, 0.4) is 0 Å². The average Bonchev–Trinajstić information content (AvgIpc) is 2.52. The molecular weight excluding hydrogens is 316 g/mol. The van der Waals surface area contributed by atoms with Crippen LogP contribution in [-0.4, -0.2) is 45.9 Å². The van der Waals surface area contributed by atoms with Gasteiger partial charge in [-0.05, 0) is 17.7 Å². The molecule has 6 nitrogen and oxygen atoms in total. The highest BCUT2D eigenvalue weighted by atomic mass is 28.2. The highest BCUT2D eigenvalue weighted by Gasteiger charge is 2.20. The second kappa shape index (κ2) is 9.89. The first-order valence-corrected chi connectivity index (χ1v) is 9.34. The number of carbonyl (C=O) groups is 2. The molecule has 23 heavy (non-hydrogen) atoms. The number of carboxylic acids is 2. The van der Waals surface area contributed by atoms with E-state index in [1.807, 2.05) is 18.2 Å². The number of rotatable bonds is 11. The van der Waals surface area contributed by atoms with Crippen LogP contribution < -0.4 is 14.7 Å². The zero-order valence-electron chi connectivity index (χ0n) is 13.6. The van der Waals surface area contributed by atoms with E-state index in [2.05, 4.69) is 0 Å². The van der Waals surface area contributed by atoms with Crippen molar-refractivity contribution in [3.8, 4) is 11.5 Å². The Morgan fingerprint density at radius 1 is 1.17 bits per heavy atom. The predicted molar refractivity (Wildman–Crippen MR) is 89.8 cm³/mol. The largest absolute Gasteiger partial charge is 0.493 e. The molecule has 1 rings (SSSR count). The fourth-order valence-electron chi connectivity index (χ4n) is 2.56. The van der Waals surface area contributed by atoms with Gasteiger partial charge in [0.05, 0.1) is 36.1 Å². The third-order valence-electron chi connectivity index (χ3n) is 3.75. The minimum atomic E-state index is -1.06. The molecule has 1 aromatic carbocycles. The van der Waals surface area contributed by atoms with Crippen molar-refractivity contribution >= 4 is 26.6 Å². The Hall–Kier alpha value is -2.02. The van der Waals surface area contributed by atoms with Crippen molar-refractivity contribution in [3.63, 3.8) is 0 Å². The monoisotopic (exact) mass is 340 g/mol. The molecule has 0 spiro atoms. The number of aliphatic carboxylic acids is 2. The van der Waals surface area contributed by atoms with Gasteiger partial charge in [0.2, 0.25) is 0 Å². The van der Waals surface area contributed by atoms with Crippen molar-refractivity contribution in [2.45, 2.75) is 31.7 Å². The third-order valence-corrected chi connectivity index (χ3v) is 5.70. The molecule has 0 aromatic heterocycles. The zero-order chi connectivity index (χ0) is 17.2. The Kier molecular flexibility index (Phi) is 8.18. The van der Waals surface area contributed by atoms with Crippen molar-refractivity contribution in [2.24, 2.45) is 5.92 Å². The lowest BCUT2D eigenvalue weighted by atomic mass is 9.99. The number of ether oxygens (including phenoxy) is 2. The van der Waals surface area contributed by atoms with Crippen LogP contribution in [0.5, 0.6) is 11.5 Å². The Balaban J connectivity index is 2.43. The first-order valence-electron chi connectivity index (χ1n) is 7.64. The van der Waals surface area contributed by atoms with Crippen molar-refractivity contribution < 1.29 is 29.3 Å². The van der Waals surface area contributed by atoms with Crippen molar-refractivity contribution in [1.82, 2.24) is 0 Å². The normalized spacial score (nSPS) is 12.3. The van der Waals surface area contributed by atoms with Gasteiger partial charge in [0.25, 0.3) is 0 Å². The lowest BCUT2D eigenvalue weighted by Crippen LogP contribution is -2.19. The Labute approximate surface area is 138 Å². The van der Waals surface area contributed by atoms with Gasteiger partial charge in [0.15, 0.2) is 11.5 Å². The molecule has 0 bridgehead atoms. The molecule has 7 heteroatoms. The van der Waals surface area contributed by atoms with Crippen LogP contribution >= 0.6 is 0 Å². The van der Waals surface area contributed by atoms with Gasteiger partial charge in [-0.3, -0.25) is 9.59 Å². The molecule has 0 heterocycles. The maximum atomic E-state index is 11.0. The van der Waals surface area contributed by atoms with Crippen LogP contribution in [0, 0.1) is 5.92 Å². The first kappa shape index (κ1) is 19.0. The van der Waals surface area contributed by atoms with Crippen molar-refractivity contribution in [3.05, 3.63) is 18.2 Å². The Morgan fingerprint density at radius 3 is 2.48 bits per heavy atom. The molecule has 0 saturated heterocycles. The molecule has 1 unspecified atom stereocenters. The van der Waals surface area contributed by atoms with E-state index < -0.39 is 27.4 Å². The van der Waals surface area contributed by atoms with E-state index in [9.17, 15) is 9.59 Å². The molecule has 0 fully saturated rings. The summed E-state index contributed by atoms with van der Waals surface area (Å²) in [5.41, 5.74) is 0. The summed E-state index contributed by atoms with van der Waals surface area (Å²) >= 11 is 0. The quantitative estimate of drug-likeness (QED) is 0.465. The molecule has 0 radical (unpaired) electrons. The number of methoxy groups -OCH3 is 2. The highest BCUT2D eigenvalue weighted by molar-refractivity contribution is 6.54. The molecule has 1 atom stereocenters. The minimum absolute atomic E-state index is 0.309. The van der Waals surface area contributed by atoms with Gasteiger partial charge in [0, 0.05) is 0 Å². The van der Waals surface area contributed by atoms with Gasteiger partial charge in [-0.25, -0.2) is 0 Å². The Morgan fingerprint density at radius 2 is 1.91 bits per heavy atom. The molecule has 0 aliphatic carbocycles. The summed E-state index contributed by atoms with van der Waals surface area (Å²) in [6, 6.07) is 6.86. The fraction of sp³-hybridized carbons (Fsp3) is 0.500. The summed E-state index contributed by atoms with van der Waals surface area (Å²) < 4.78 is 10.7. The summed E-state index contributed by atoms with van der Waals surface area (Å²) in [6.45, 7) is 0. The van der Waals surface area contributed by atoms with Gasteiger partial charge >= 0.3 is 11.9 Å². The van der Waals surface area contributed by atoms with Gasteiger partial charge in [-0.1, -0.05) is 31.0 Å². The van der Waals surface area contributed by atoms with E-state index >= 15 is 0 Å². The van der Waals surface area contributed by atoms with E-state index in [4.69, 9.17) is 19.7 Å². The molecule has 128 valence electrons. The SMILES string of the molecule is COc1cccc([SiH2]CCCCC(CC(=O)O)C(=O)O)c1OC. The molecule has 0 aliphatic rings. The highest BCUT2D eigenvalue weighted by Crippen LogP contribution is 2.23.